The maximum Gasteiger partial charge on any atom is 0.264 e. The van der Waals surface area contributed by atoms with Crippen molar-refractivity contribution in [2.75, 3.05) is 10.8 Å². The number of halogens is 3. The van der Waals surface area contributed by atoms with E-state index in [-0.39, 0.29) is 22.2 Å². The third-order valence-corrected chi connectivity index (χ3v) is 8.59. The van der Waals surface area contributed by atoms with Gasteiger partial charge in [0.25, 0.3) is 10.0 Å². The number of hydrogen-bond donors (Lipinski definition) is 1. The molecule has 3 rings (SSSR count). The molecule has 2 amide bonds. The fourth-order valence-corrected chi connectivity index (χ4v) is 6.06. The second kappa shape index (κ2) is 12.6. The van der Waals surface area contributed by atoms with Gasteiger partial charge in [-0.25, -0.2) is 8.42 Å². The van der Waals surface area contributed by atoms with E-state index in [4.69, 9.17) is 34.8 Å². The van der Waals surface area contributed by atoms with Gasteiger partial charge in [-0.15, -0.1) is 0 Å². The van der Waals surface area contributed by atoms with E-state index in [0.717, 1.165) is 4.31 Å². The van der Waals surface area contributed by atoms with Crippen molar-refractivity contribution in [3.8, 4) is 0 Å². The van der Waals surface area contributed by atoms with Crippen molar-refractivity contribution in [2.24, 2.45) is 0 Å². The zero-order valence-electron chi connectivity index (χ0n) is 22.0. The number of rotatable bonds is 9. The minimum atomic E-state index is -4.22. The SMILES string of the molecule is C[C@@H](C(=O)NC(C)(C)C)N(Cc1c(Cl)cccc1Cl)C(=O)CN(c1ccccc1Cl)S(=O)(=O)c1ccccc1. The number of anilines is 1. The second-order valence-electron chi connectivity index (χ2n) is 9.91. The first-order valence-electron chi connectivity index (χ1n) is 12.1. The predicted octanol–water partition coefficient (Wildman–Crippen LogP) is 6.17. The fourth-order valence-electron chi connectivity index (χ4n) is 3.80. The van der Waals surface area contributed by atoms with E-state index in [9.17, 15) is 18.0 Å². The summed E-state index contributed by atoms with van der Waals surface area (Å²) in [7, 11) is -4.22. The molecule has 0 aliphatic rings. The number of hydrogen-bond acceptors (Lipinski definition) is 4. The van der Waals surface area contributed by atoms with Gasteiger partial charge in [0.05, 0.1) is 15.6 Å². The molecule has 0 radical (unpaired) electrons. The highest BCUT2D eigenvalue weighted by molar-refractivity contribution is 7.92. The Balaban J connectivity index is 2.08. The highest BCUT2D eigenvalue weighted by Crippen LogP contribution is 2.31. The quantitative estimate of drug-likeness (QED) is 0.314. The van der Waals surface area contributed by atoms with Crippen molar-refractivity contribution < 1.29 is 18.0 Å². The molecule has 1 N–H and O–H groups in total. The van der Waals surface area contributed by atoms with Crippen molar-refractivity contribution in [1.29, 1.82) is 0 Å². The van der Waals surface area contributed by atoms with Crippen molar-refractivity contribution in [1.82, 2.24) is 10.2 Å². The van der Waals surface area contributed by atoms with Crippen LogP contribution >= 0.6 is 34.8 Å². The van der Waals surface area contributed by atoms with E-state index >= 15 is 0 Å². The number of para-hydroxylation sites is 1. The van der Waals surface area contributed by atoms with Crippen LogP contribution in [0.4, 0.5) is 5.69 Å². The second-order valence-corrected chi connectivity index (χ2v) is 13.0. The summed E-state index contributed by atoms with van der Waals surface area (Å²) in [5.74, 6) is -1.07. The van der Waals surface area contributed by atoms with Gasteiger partial charge >= 0.3 is 0 Å². The highest BCUT2D eigenvalue weighted by Gasteiger charge is 2.34. The van der Waals surface area contributed by atoms with Gasteiger partial charge < -0.3 is 10.2 Å². The van der Waals surface area contributed by atoms with Gasteiger partial charge in [0, 0.05) is 27.7 Å². The molecule has 0 aliphatic carbocycles. The van der Waals surface area contributed by atoms with Gasteiger partial charge in [-0.05, 0) is 64.1 Å². The summed E-state index contributed by atoms with van der Waals surface area (Å²) in [6.07, 6.45) is 0. The Morgan fingerprint density at radius 3 is 1.95 bits per heavy atom. The van der Waals surface area contributed by atoms with Crippen LogP contribution in [0.1, 0.15) is 33.3 Å². The molecule has 0 saturated carbocycles. The van der Waals surface area contributed by atoms with Crippen LogP contribution in [0, 0.1) is 0 Å². The van der Waals surface area contributed by atoms with Gasteiger partial charge in [0.1, 0.15) is 12.6 Å². The Hall–Kier alpha value is -2.78. The highest BCUT2D eigenvalue weighted by atomic mass is 35.5. The number of benzene rings is 3. The molecule has 1 atom stereocenters. The number of nitrogens with one attached hydrogen (secondary N) is 1. The number of amides is 2. The average Bonchev–Trinajstić information content (AvgIpc) is 2.86. The lowest BCUT2D eigenvalue weighted by atomic mass is 10.1. The summed E-state index contributed by atoms with van der Waals surface area (Å²) in [4.78, 5) is 28.4. The molecule has 0 saturated heterocycles. The number of carbonyl (C=O) groups excluding carboxylic acids is 2. The molecule has 3 aromatic carbocycles. The van der Waals surface area contributed by atoms with Crippen molar-refractivity contribution in [3.05, 3.63) is 93.4 Å². The van der Waals surface area contributed by atoms with E-state index in [1.165, 1.54) is 29.2 Å². The van der Waals surface area contributed by atoms with Gasteiger partial charge in [0.15, 0.2) is 0 Å². The van der Waals surface area contributed by atoms with Crippen molar-refractivity contribution >= 4 is 62.3 Å². The Labute approximate surface area is 244 Å². The monoisotopic (exact) mass is 609 g/mol. The zero-order valence-corrected chi connectivity index (χ0v) is 25.1. The van der Waals surface area contributed by atoms with Gasteiger partial charge in [-0.3, -0.25) is 13.9 Å². The van der Waals surface area contributed by atoms with Crippen LogP contribution in [0.3, 0.4) is 0 Å². The Kier molecular flexibility index (Phi) is 9.93. The molecule has 0 unspecified atom stereocenters. The van der Waals surface area contributed by atoms with Gasteiger partial charge in [-0.2, -0.15) is 0 Å². The Bertz CT molecular complexity index is 1420. The normalized spacial score (nSPS) is 12.5. The molecule has 0 aliphatic heterocycles. The zero-order chi connectivity index (χ0) is 29.0. The summed E-state index contributed by atoms with van der Waals surface area (Å²) < 4.78 is 28.5. The minimum absolute atomic E-state index is 0.0167. The molecule has 0 spiro atoms. The molecule has 7 nitrogen and oxygen atoms in total. The third-order valence-electron chi connectivity index (χ3n) is 5.79. The van der Waals surface area contributed by atoms with Crippen LogP contribution in [0.5, 0.6) is 0 Å². The van der Waals surface area contributed by atoms with E-state index in [1.54, 1.807) is 55.5 Å². The predicted molar refractivity (Wildman–Crippen MR) is 157 cm³/mol. The van der Waals surface area contributed by atoms with Crippen molar-refractivity contribution in [2.45, 2.75) is 50.7 Å². The maximum atomic E-state index is 14.0. The van der Waals surface area contributed by atoms with Crippen LogP contribution < -0.4 is 9.62 Å². The van der Waals surface area contributed by atoms with E-state index in [1.807, 2.05) is 20.8 Å². The number of carbonyl (C=O) groups is 2. The molecule has 0 heterocycles. The van der Waals surface area contributed by atoms with E-state index < -0.39 is 40.0 Å². The molecule has 0 aromatic heterocycles. The van der Waals surface area contributed by atoms with E-state index in [0.29, 0.717) is 15.6 Å². The molecular formula is C28H30Cl3N3O4S. The van der Waals surface area contributed by atoms with Crippen LogP contribution in [-0.2, 0) is 26.2 Å². The first-order valence-corrected chi connectivity index (χ1v) is 14.7. The number of nitrogens with zero attached hydrogens (tertiary/aromatic N) is 2. The summed E-state index contributed by atoms with van der Waals surface area (Å²) in [6.45, 7) is 6.27. The van der Waals surface area contributed by atoms with E-state index in [2.05, 4.69) is 5.32 Å². The third kappa shape index (κ3) is 7.66. The Morgan fingerprint density at radius 2 is 1.38 bits per heavy atom. The van der Waals surface area contributed by atoms with Crippen molar-refractivity contribution in [3.63, 3.8) is 0 Å². The fraction of sp³-hybridized carbons (Fsp3) is 0.286. The largest absolute Gasteiger partial charge is 0.350 e. The summed E-state index contributed by atoms with van der Waals surface area (Å²) in [5.41, 5.74) is -0.0128. The van der Waals surface area contributed by atoms with Crippen LogP contribution in [-0.4, -0.2) is 43.3 Å². The summed E-state index contributed by atoms with van der Waals surface area (Å²) in [5, 5.41) is 3.63. The van der Waals surface area contributed by atoms with Crippen LogP contribution in [0.2, 0.25) is 15.1 Å². The molecule has 39 heavy (non-hydrogen) atoms. The standard InChI is InChI=1S/C28H30Cl3N3O4S/c1-19(27(36)32-28(2,3)4)33(17-21-22(29)14-10-15-23(21)30)26(35)18-34(25-16-9-8-13-24(25)31)39(37,38)20-11-6-5-7-12-20/h5-16,19H,17-18H2,1-4H3,(H,32,36)/t19-/m0/s1. The molecule has 208 valence electrons. The minimum Gasteiger partial charge on any atom is -0.350 e. The molecule has 11 heteroatoms. The molecule has 3 aromatic rings. The maximum absolute atomic E-state index is 14.0. The first kappa shape index (κ1) is 30.8. The molecular weight excluding hydrogens is 581 g/mol. The summed E-state index contributed by atoms with van der Waals surface area (Å²) >= 11 is 19.2. The first-order chi connectivity index (χ1) is 18.2. The average molecular weight is 611 g/mol. The smallest absolute Gasteiger partial charge is 0.264 e. The lowest BCUT2D eigenvalue weighted by molar-refractivity contribution is -0.140. The molecule has 0 fully saturated rings. The Morgan fingerprint density at radius 1 is 0.846 bits per heavy atom. The lowest BCUT2D eigenvalue weighted by Gasteiger charge is -2.34. The van der Waals surface area contributed by atoms with Gasteiger partial charge in [0.2, 0.25) is 11.8 Å². The van der Waals surface area contributed by atoms with Crippen LogP contribution in [0.25, 0.3) is 0 Å². The van der Waals surface area contributed by atoms with Crippen LogP contribution in [0.15, 0.2) is 77.7 Å². The lowest BCUT2D eigenvalue weighted by Crippen LogP contribution is -2.54. The summed E-state index contributed by atoms with van der Waals surface area (Å²) in [6, 6.07) is 18.0. The van der Waals surface area contributed by atoms with Gasteiger partial charge in [-0.1, -0.05) is 71.2 Å². The molecule has 0 bridgehead atoms. The topological polar surface area (TPSA) is 86.8 Å². The number of sulfonamides is 1.